The van der Waals surface area contributed by atoms with Gasteiger partial charge in [-0.15, -0.1) is 0 Å². The van der Waals surface area contributed by atoms with E-state index < -0.39 is 11.5 Å². The van der Waals surface area contributed by atoms with Crippen molar-refractivity contribution in [1.29, 1.82) is 0 Å². The summed E-state index contributed by atoms with van der Waals surface area (Å²) in [5, 5.41) is 0. The van der Waals surface area contributed by atoms with E-state index in [-0.39, 0.29) is 11.4 Å². The van der Waals surface area contributed by atoms with E-state index in [2.05, 4.69) is 4.99 Å². The molecular weight excluding hydrogens is 238 g/mol. The Bertz CT molecular complexity index is 305. The van der Waals surface area contributed by atoms with Crippen LogP contribution in [0.4, 0.5) is 0 Å². The van der Waals surface area contributed by atoms with Crippen molar-refractivity contribution in [3.63, 3.8) is 0 Å². The highest BCUT2D eigenvalue weighted by molar-refractivity contribution is 8.00. The van der Waals surface area contributed by atoms with Gasteiger partial charge in [-0.25, -0.2) is 9.59 Å². The molecule has 0 amide bonds. The average molecular weight is 259 g/mol. The van der Waals surface area contributed by atoms with Crippen LogP contribution < -0.4 is 0 Å². The molecule has 0 aliphatic rings. The third kappa shape index (κ3) is 5.37. The van der Waals surface area contributed by atoms with Crippen LogP contribution in [0.15, 0.2) is 4.99 Å². The fourth-order valence-corrected chi connectivity index (χ4v) is 2.21. The number of hydrogen-bond donors (Lipinski definition) is 0. The molecule has 0 unspecified atom stereocenters. The van der Waals surface area contributed by atoms with Crippen LogP contribution in [0.5, 0.6) is 0 Å². The van der Waals surface area contributed by atoms with Crippen LogP contribution in [0.2, 0.25) is 0 Å². The maximum atomic E-state index is 11.9. The number of carbonyl (C=O) groups is 1. The van der Waals surface area contributed by atoms with Crippen molar-refractivity contribution in [3.8, 4) is 0 Å². The highest BCUT2D eigenvalue weighted by Gasteiger charge is 2.39. The number of aliphatic imine (C=N–C) groups is 1. The standard InChI is InChI=1S/C12H21NO3S/c1-6-12(13-9-14,10(15)16-7-2)8-17-11(3,4)5/h6-8H2,1-5H3/t12-/m1/s1. The van der Waals surface area contributed by atoms with Gasteiger partial charge in [-0.3, -0.25) is 0 Å². The first-order valence-corrected chi connectivity index (χ1v) is 6.70. The zero-order chi connectivity index (χ0) is 13.5. The molecule has 5 heteroatoms. The summed E-state index contributed by atoms with van der Waals surface area (Å²) >= 11 is 1.59. The first-order chi connectivity index (χ1) is 7.81. The van der Waals surface area contributed by atoms with Gasteiger partial charge in [-0.05, 0) is 13.3 Å². The lowest BCUT2D eigenvalue weighted by atomic mass is 10.0. The van der Waals surface area contributed by atoms with E-state index in [1.54, 1.807) is 18.7 Å². The molecule has 0 bridgehead atoms. The Kier molecular flexibility index (Phi) is 6.50. The molecule has 0 N–H and O–H groups in total. The summed E-state index contributed by atoms with van der Waals surface area (Å²) in [6, 6.07) is 0. The molecule has 0 spiro atoms. The van der Waals surface area contributed by atoms with Gasteiger partial charge in [0, 0.05) is 10.5 Å². The van der Waals surface area contributed by atoms with E-state index in [0.717, 1.165) is 0 Å². The van der Waals surface area contributed by atoms with Crippen molar-refractivity contribution in [2.24, 2.45) is 4.99 Å². The van der Waals surface area contributed by atoms with Gasteiger partial charge in [0.25, 0.3) is 0 Å². The SMILES string of the molecule is CCOC(=O)[C@@](CC)(CSC(C)(C)C)N=C=O. The van der Waals surface area contributed by atoms with Crippen LogP contribution in [0.1, 0.15) is 41.0 Å². The largest absolute Gasteiger partial charge is 0.464 e. The van der Waals surface area contributed by atoms with Crippen LogP contribution >= 0.6 is 11.8 Å². The van der Waals surface area contributed by atoms with E-state index >= 15 is 0 Å². The van der Waals surface area contributed by atoms with E-state index in [1.165, 1.54) is 6.08 Å². The summed E-state index contributed by atoms with van der Waals surface area (Å²) in [7, 11) is 0. The number of rotatable bonds is 6. The minimum atomic E-state index is -1.09. The third-order valence-corrected chi connectivity index (χ3v) is 3.73. The van der Waals surface area contributed by atoms with E-state index in [9.17, 15) is 9.59 Å². The van der Waals surface area contributed by atoms with Crippen molar-refractivity contribution in [2.45, 2.75) is 51.3 Å². The molecule has 1 atom stereocenters. The Hall–Kier alpha value is -0.800. The Labute approximate surface area is 107 Å². The second kappa shape index (κ2) is 6.82. The molecule has 4 nitrogen and oxygen atoms in total. The van der Waals surface area contributed by atoms with Crippen LogP contribution in [-0.2, 0) is 14.3 Å². The summed E-state index contributed by atoms with van der Waals surface area (Å²) in [6.07, 6.45) is 1.93. The van der Waals surface area contributed by atoms with Crippen LogP contribution in [0.25, 0.3) is 0 Å². The quantitative estimate of drug-likeness (QED) is 0.418. The Morgan fingerprint density at radius 3 is 2.29 bits per heavy atom. The molecule has 98 valence electrons. The van der Waals surface area contributed by atoms with Gasteiger partial charge in [0.05, 0.1) is 6.61 Å². The summed E-state index contributed by atoms with van der Waals surface area (Å²) in [6.45, 7) is 9.99. The fraction of sp³-hybridized carbons (Fsp3) is 0.833. The van der Waals surface area contributed by atoms with Crippen molar-refractivity contribution in [3.05, 3.63) is 0 Å². The predicted octanol–water partition coefficient (Wildman–Crippen LogP) is 2.57. The van der Waals surface area contributed by atoms with Crippen molar-refractivity contribution in [2.75, 3.05) is 12.4 Å². The minimum Gasteiger partial charge on any atom is -0.464 e. The molecule has 0 saturated heterocycles. The summed E-state index contributed by atoms with van der Waals surface area (Å²) < 4.78 is 5.00. The lowest BCUT2D eigenvalue weighted by molar-refractivity contribution is -0.148. The number of ether oxygens (including phenoxy) is 1. The second-order valence-corrected chi connectivity index (χ2v) is 6.51. The van der Waals surface area contributed by atoms with Gasteiger partial charge >= 0.3 is 5.97 Å². The summed E-state index contributed by atoms with van der Waals surface area (Å²) in [4.78, 5) is 26.1. The summed E-state index contributed by atoms with van der Waals surface area (Å²) in [5.74, 6) is -0.0104. The first-order valence-electron chi connectivity index (χ1n) is 5.71. The number of isocyanates is 1. The maximum Gasteiger partial charge on any atom is 0.335 e. The first kappa shape index (κ1) is 16.2. The van der Waals surface area contributed by atoms with E-state index in [0.29, 0.717) is 12.2 Å². The zero-order valence-electron chi connectivity index (χ0n) is 11.2. The normalized spacial score (nSPS) is 14.6. The van der Waals surface area contributed by atoms with Crippen molar-refractivity contribution in [1.82, 2.24) is 0 Å². The zero-order valence-corrected chi connectivity index (χ0v) is 12.0. The number of esters is 1. The topological polar surface area (TPSA) is 55.7 Å². The molecule has 0 aromatic heterocycles. The van der Waals surface area contributed by atoms with Gasteiger partial charge in [0.2, 0.25) is 6.08 Å². The van der Waals surface area contributed by atoms with Crippen LogP contribution in [-0.4, -0.2) is 34.7 Å². The van der Waals surface area contributed by atoms with Gasteiger partial charge in [-0.1, -0.05) is 27.7 Å². The van der Waals surface area contributed by atoms with Gasteiger partial charge in [0.15, 0.2) is 5.54 Å². The van der Waals surface area contributed by atoms with Gasteiger partial charge in [0.1, 0.15) is 0 Å². The fourth-order valence-electron chi connectivity index (χ4n) is 1.15. The monoisotopic (exact) mass is 259 g/mol. The molecule has 0 heterocycles. The number of carbonyl (C=O) groups excluding carboxylic acids is 2. The van der Waals surface area contributed by atoms with Gasteiger partial charge < -0.3 is 4.74 Å². The maximum absolute atomic E-state index is 11.9. The van der Waals surface area contributed by atoms with Crippen molar-refractivity contribution >= 4 is 23.8 Å². The molecular formula is C12H21NO3S. The molecule has 0 saturated carbocycles. The average Bonchev–Trinajstić information content (AvgIpc) is 2.23. The van der Waals surface area contributed by atoms with Crippen molar-refractivity contribution < 1.29 is 14.3 Å². The van der Waals surface area contributed by atoms with E-state index in [4.69, 9.17) is 4.74 Å². The Balaban J connectivity index is 4.95. The minimum absolute atomic E-state index is 0.00528. The Morgan fingerprint density at radius 2 is 1.94 bits per heavy atom. The molecule has 0 aromatic carbocycles. The molecule has 0 aliphatic heterocycles. The van der Waals surface area contributed by atoms with Crippen LogP contribution in [0.3, 0.4) is 0 Å². The van der Waals surface area contributed by atoms with Crippen LogP contribution in [0, 0.1) is 0 Å². The van der Waals surface area contributed by atoms with Gasteiger partial charge in [-0.2, -0.15) is 16.8 Å². The lowest BCUT2D eigenvalue weighted by Gasteiger charge is -2.27. The number of hydrogen-bond acceptors (Lipinski definition) is 5. The summed E-state index contributed by atoms with van der Waals surface area (Å²) in [5.41, 5.74) is -1.09. The smallest absolute Gasteiger partial charge is 0.335 e. The number of nitrogens with zero attached hydrogens (tertiary/aromatic N) is 1. The predicted molar refractivity (Wildman–Crippen MR) is 70.0 cm³/mol. The molecule has 0 rings (SSSR count). The molecule has 0 aliphatic carbocycles. The third-order valence-electron chi connectivity index (χ3n) is 2.24. The molecule has 0 radical (unpaired) electrons. The lowest BCUT2D eigenvalue weighted by Crippen LogP contribution is -2.41. The molecule has 17 heavy (non-hydrogen) atoms. The highest BCUT2D eigenvalue weighted by Crippen LogP contribution is 2.31. The number of thioether (sulfide) groups is 1. The van der Waals surface area contributed by atoms with E-state index in [1.807, 2.05) is 27.7 Å². The second-order valence-electron chi connectivity index (χ2n) is 4.71. The molecule has 0 fully saturated rings. The highest BCUT2D eigenvalue weighted by atomic mass is 32.2. The molecule has 0 aromatic rings. The Morgan fingerprint density at radius 1 is 1.35 bits per heavy atom.